The SMILES string of the molecule is CC(C#N)S(=O)(=O)Nc1ccc(OCC(=O)O)cc1. The Morgan fingerprint density at radius 1 is 1.47 bits per heavy atom. The molecule has 1 aromatic carbocycles. The van der Waals surface area contributed by atoms with Crippen LogP contribution in [0.3, 0.4) is 0 Å². The molecule has 1 aromatic rings. The Morgan fingerprint density at radius 2 is 2.05 bits per heavy atom. The molecule has 0 heterocycles. The number of nitrogens with zero attached hydrogens (tertiary/aromatic N) is 1. The fraction of sp³-hybridized carbons (Fsp3) is 0.273. The minimum absolute atomic E-state index is 0.268. The molecule has 1 unspecified atom stereocenters. The summed E-state index contributed by atoms with van der Waals surface area (Å²) in [7, 11) is -3.75. The van der Waals surface area contributed by atoms with Crippen molar-refractivity contribution in [2.75, 3.05) is 11.3 Å². The van der Waals surface area contributed by atoms with Crippen molar-refractivity contribution >= 4 is 21.7 Å². The zero-order valence-electron chi connectivity index (χ0n) is 10.0. The Kier molecular flexibility index (Phi) is 4.72. The average molecular weight is 284 g/mol. The van der Waals surface area contributed by atoms with E-state index in [4.69, 9.17) is 15.1 Å². The van der Waals surface area contributed by atoms with Crippen molar-refractivity contribution in [3.63, 3.8) is 0 Å². The molecule has 0 bridgehead atoms. The van der Waals surface area contributed by atoms with Crippen LogP contribution in [0.25, 0.3) is 0 Å². The Labute approximate surface area is 110 Å². The number of sulfonamides is 1. The summed E-state index contributed by atoms with van der Waals surface area (Å²) >= 11 is 0. The number of rotatable bonds is 6. The molecule has 0 saturated carbocycles. The smallest absolute Gasteiger partial charge is 0.341 e. The number of carboxylic acids is 1. The molecule has 1 atom stereocenters. The molecule has 19 heavy (non-hydrogen) atoms. The fourth-order valence-corrected chi connectivity index (χ4v) is 1.87. The number of carbonyl (C=O) groups is 1. The van der Waals surface area contributed by atoms with Crippen LogP contribution in [-0.4, -0.2) is 31.4 Å². The maximum Gasteiger partial charge on any atom is 0.341 e. The molecule has 0 aromatic heterocycles. The summed E-state index contributed by atoms with van der Waals surface area (Å²) in [6, 6.07) is 7.32. The van der Waals surface area contributed by atoms with Gasteiger partial charge >= 0.3 is 5.97 Å². The van der Waals surface area contributed by atoms with E-state index in [-0.39, 0.29) is 5.69 Å². The number of nitriles is 1. The summed E-state index contributed by atoms with van der Waals surface area (Å²) in [5.74, 6) is -0.800. The normalized spacial score (nSPS) is 12.2. The van der Waals surface area contributed by atoms with Crippen molar-refractivity contribution in [3.05, 3.63) is 24.3 Å². The number of hydrogen-bond donors (Lipinski definition) is 2. The highest BCUT2D eigenvalue weighted by Crippen LogP contribution is 2.17. The lowest BCUT2D eigenvalue weighted by Gasteiger charge is -2.10. The van der Waals surface area contributed by atoms with E-state index >= 15 is 0 Å². The van der Waals surface area contributed by atoms with E-state index in [1.165, 1.54) is 31.2 Å². The predicted octanol–water partition coefficient (Wildman–Crippen LogP) is 0.804. The zero-order valence-corrected chi connectivity index (χ0v) is 10.8. The van der Waals surface area contributed by atoms with E-state index in [2.05, 4.69) is 4.72 Å². The molecule has 0 aliphatic rings. The molecule has 8 heteroatoms. The molecule has 7 nitrogen and oxygen atoms in total. The van der Waals surface area contributed by atoms with Crippen LogP contribution >= 0.6 is 0 Å². The van der Waals surface area contributed by atoms with Gasteiger partial charge in [0, 0.05) is 5.69 Å². The van der Waals surface area contributed by atoms with E-state index < -0.39 is 27.8 Å². The van der Waals surface area contributed by atoms with E-state index in [0.717, 1.165) is 0 Å². The molecule has 0 radical (unpaired) electrons. The second kappa shape index (κ2) is 6.06. The van der Waals surface area contributed by atoms with Crippen molar-refractivity contribution in [1.29, 1.82) is 5.26 Å². The summed E-state index contributed by atoms with van der Waals surface area (Å²) < 4.78 is 30.3. The molecule has 0 amide bonds. The highest BCUT2D eigenvalue weighted by Gasteiger charge is 2.19. The Hall–Kier alpha value is -2.27. The van der Waals surface area contributed by atoms with Crippen LogP contribution in [0, 0.1) is 11.3 Å². The van der Waals surface area contributed by atoms with Crippen LogP contribution in [0.15, 0.2) is 24.3 Å². The maximum absolute atomic E-state index is 11.6. The van der Waals surface area contributed by atoms with E-state index in [0.29, 0.717) is 5.75 Å². The van der Waals surface area contributed by atoms with Crippen LogP contribution in [0.1, 0.15) is 6.92 Å². The summed E-state index contributed by atoms with van der Waals surface area (Å²) in [5, 5.41) is 15.8. The molecular formula is C11H12N2O5S. The Morgan fingerprint density at radius 3 is 2.53 bits per heavy atom. The summed E-state index contributed by atoms with van der Waals surface area (Å²) in [4.78, 5) is 10.3. The lowest BCUT2D eigenvalue weighted by Crippen LogP contribution is -2.23. The van der Waals surface area contributed by atoms with Crippen LogP contribution in [0.4, 0.5) is 5.69 Å². The maximum atomic E-state index is 11.6. The van der Waals surface area contributed by atoms with E-state index in [1.54, 1.807) is 6.07 Å². The lowest BCUT2D eigenvalue weighted by atomic mass is 10.3. The lowest BCUT2D eigenvalue weighted by molar-refractivity contribution is -0.139. The molecule has 0 spiro atoms. The van der Waals surface area contributed by atoms with Crippen molar-refractivity contribution in [2.24, 2.45) is 0 Å². The first-order valence-electron chi connectivity index (χ1n) is 5.21. The summed E-state index contributed by atoms with van der Waals surface area (Å²) in [6.45, 7) is 0.795. The first-order valence-corrected chi connectivity index (χ1v) is 6.75. The number of nitrogens with one attached hydrogen (secondary N) is 1. The van der Waals surface area contributed by atoms with Crippen molar-refractivity contribution < 1.29 is 23.1 Å². The van der Waals surface area contributed by atoms with Crippen molar-refractivity contribution in [2.45, 2.75) is 12.2 Å². The largest absolute Gasteiger partial charge is 0.482 e. The highest BCUT2D eigenvalue weighted by molar-refractivity contribution is 7.93. The number of carboxylic acid groups (broad SMARTS) is 1. The quantitative estimate of drug-likeness (QED) is 0.798. The number of anilines is 1. The average Bonchev–Trinajstić information content (AvgIpc) is 2.36. The van der Waals surface area contributed by atoms with E-state index in [1.807, 2.05) is 0 Å². The van der Waals surface area contributed by atoms with Gasteiger partial charge in [-0.05, 0) is 31.2 Å². The first-order chi connectivity index (χ1) is 8.85. The van der Waals surface area contributed by atoms with Gasteiger partial charge in [0.1, 0.15) is 5.75 Å². The fourth-order valence-electron chi connectivity index (χ4n) is 1.09. The van der Waals surface area contributed by atoms with Crippen LogP contribution in [0.5, 0.6) is 5.75 Å². The number of aliphatic carboxylic acids is 1. The van der Waals surface area contributed by atoms with Gasteiger partial charge in [0.15, 0.2) is 11.9 Å². The number of hydrogen-bond acceptors (Lipinski definition) is 5. The van der Waals surface area contributed by atoms with Gasteiger partial charge in [-0.15, -0.1) is 0 Å². The standard InChI is InChI=1S/C11H12N2O5S/c1-8(6-12)19(16,17)13-9-2-4-10(5-3-9)18-7-11(14)15/h2-5,8,13H,7H2,1H3,(H,14,15). The Bertz CT molecular complexity index is 589. The third-order valence-corrected chi connectivity index (χ3v) is 3.68. The van der Waals surface area contributed by atoms with Gasteiger partial charge in [-0.1, -0.05) is 0 Å². The second-order valence-electron chi connectivity index (χ2n) is 3.63. The third kappa shape index (κ3) is 4.48. The van der Waals surface area contributed by atoms with Gasteiger partial charge in [-0.2, -0.15) is 5.26 Å². The monoisotopic (exact) mass is 284 g/mol. The molecule has 2 N–H and O–H groups in total. The van der Waals surface area contributed by atoms with Gasteiger partial charge in [0.05, 0.1) is 6.07 Å². The molecule has 0 aliphatic heterocycles. The van der Waals surface area contributed by atoms with Gasteiger partial charge in [-0.3, -0.25) is 4.72 Å². The van der Waals surface area contributed by atoms with Crippen molar-refractivity contribution in [3.8, 4) is 11.8 Å². The van der Waals surface area contributed by atoms with Crippen LogP contribution < -0.4 is 9.46 Å². The molecule has 102 valence electrons. The topological polar surface area (TPSA) is 116 Å². The first kappa shape index (κ1) is 14.8. The zero-order chi connectivity index (χ0) is 14.5. The number of benzene rings is 1. The van der Waals surface area contributed by atoms with Crippen LogP contribution in [0.2, 0.25) is 0 Å². The molecular weight excluding hydrogens is 272 g/mol. The molecule has 1 rings (SSSR count). The summed E-state index contributed by atoms with van der Waals surface area (Å²) in [5.41, 5.74) is 0.268. The second-order valence-corrected chi connectivity index (χ2v) is 5.63. The van der Waals surface area contributed by atoms with Crippen LogP contribution in [-0.2, 0) is 14.8 Å². The molecule has 0 saturated heterocycles. The van der Waals surface area contributed by atoms with Gasteiger partial charge < -0.3 is 9.84 Å². The molecule has 0 aliphatic carbocycles. The van der Waals surface area contributed by atoms with Gasteiger partial charge in [-0.25, -0.2) is 13.2 Å². The van der Waals surface area contributed by atoms with Gasteiger partial charge in [0.25, 0.3) is 0 Å². The minimum atomic E-state index is -3.75. The van der Waals surface area contributed by atoms with Crippen molar-refractivity contribution in [1.82, 2.24) is 0 Å². The minimum Gasteiger partial charge on any atom is -0.482 e. The third-order valence-electron chi connectivity index (χ3n) is 2.12. The Balaban J connectivity index is 2.73. The van der Waals surface area contributed by atoms with Gasteiger partial charge in [0.2, 0.25) is 10.0 Å². The van der Waals surface area contributed by atoms with E-state index in [9.17, 15) is 13.2 Å². The highest BCUT2D eigenvalue weighted by atomic mass is 32.2. The summed E-state index contributed by atoms with van der Waals surface area (Å²) in [6.07, 6.45) is 0. The molecule has 0 fully saturated rings. The predicted molar refractivity (Wildman–Crippen MR) is 67.2 cm³/mol. The number of ether oxygens (including phenoxy) is 1.